The summed E-state index contributed by atoms with van der Waals surface area (Å²) in [6.07, 6.45) is -0.349. The van der Waals surface area contributed by atoms with Gasteiger partial charge in [-0.2, -0.15) is 0 Å². The van der Waals surface area contributed by atoms with Crippen LogP contribution in [0, 0.1) is 5.82 Å². The van der Waals surface area contributed by atoms with Gasteiger partial charge >= 0.3 is 29.6 Å². The van der Waals surface area contributed by atoms with Crippen LogP contribution in [0.4, 0.5) is 4.39 Å². The number of hydrogen-bond acceptors (Lipinski definition) is 4. The number of halogens is 2. The van der Waals surface area contributed by atoms with Crippen molar-refractivity contribution in [1.29, 1.82) is 0 Å². The van der Waals surface area contributed by atoms with Crippen molar-refractivity contribution in [2.75, 3.05) is 0 Å². The average Bonchev–Trinajstić information content (AvgIpc) is 2.55. The second-order valence-corrected chi connectivity index (χ2v) is 7.55. The van der Waals surface area contributed by atoms with E-state index in [0.717, 1.165) is 16.6 Å². The predicted molar refractivity (Wildman–Crippen MR) is 88.2 cm³/mol. The Morgan fingerprint density at radius 3 is 2.20 bits per heavy atom. The quantitative estimate of drug-likeness (QED) is 0.321. The van der Waals surface area contributed by atoms with Crippen molar-refractivity contribution in [3.05, 3.63) is 64.4 Å². The normalized spacial score (nSPS) is 12.1. The molecule has 0 fully saturated rings. The number of nitrogens with one attached hydrogen (secondary N) is 2. The average molecular weight is 440 g/mol. The first-order valence-corrected chi connectivity index (χ1v) is 9.06. The number of hydroxylamine groups is 1. The van der Waals surface area contributed by atoms with Crippen molar-refractivity contribution in [3.8, 4) is 0 Å². The van der Waals surface area contributed by atoms with Crippen LogP contribution in [-0.4, -0.2) is 19.5 Å². The first-order chi connectivity index (χ1) is 11.3. The number of rotatable bonds is 6. The molecule has 0 heterocycles. The molecule has 0 aromatic heterocycles. The molecule has 0 radical (unpaired) electrons. The second kappa shape index (κ2) is 9.77. The van der Waals surface area contributed by atoms with Crippen LogP contribution in [0.2, 0.25) is 0 Å². The third-order valence-electron chi connectivity index (χ3n) is 3.21. The van der Waals surface area contributed by atoms with E-state index in [1.165, 1.54) is 29.7 Å². The van der Waals surface area contributed by atoms with E-state index in [9.17, 15) is 17.6 Å². The summed E-state index contributed by atoms with van der Waals surface area (Å²) in [6, 6.07) is 10.0. The third-order valence-corrected chi connectivity index (χ3v) is 5.22. The largest absolute Gasteiger partial charge is 1.00 e. The second-order valence-electron chi connectivity index (χ2n) is 4.92. The Balaban J connectivity index is 0.00000312. The molecular weight excluding hydrogens is 426 g/mol. The van der Waals surface area contributed by atoms with E-state index in [-0.39, 0.29) is 40.9 Å². The maximum Gasteiger partial charge on any atom is 1.00 e. The standard InChI is InChI=1S/C15H14BrFN2O4S.Na/c16-11-3-7-13(8-4-11)24(22,23)19-14(9-15(20)18-21)10-1-5-12(17)6-2-10;/h1-8,14,19,21H,9H2,(H,18,20);/q;+1. The van der Waals surface area contributed by atoms with Crippen LogP contribution in [0.5, 0.6) is 0 Å². The van der Waals surface area contributed by atoms with Gasteiger partial charge in [0.15, 0.2) is 0 Å². The van der Waals surface area contributed by atoms with Crippen molar-refractivity contribution in [1.82, 2.24) is 10.2 Å². The molecule has 0 saturated carbocycles. The molecule has 25 heavy (non-hydrogen) atoms. The van der Waals surface area contributed by atoms with E-state index in [0.29, 0.717) is 5.56 Å². The molecule has 0 aliphatic carbocycles. The summed E-state index contributed by atoms with van der Waals surface area (Å²) >= 11 is 3.22. The van der Waals surface area contributed by atoms with Gasteiger partial charge in [-0.05, 0) is 42.0 Å². The Hall–Kier alpha value is -0.810. The van der Waals surface area contributed by atoms with Gasteiger partial charge in [0.05, 0.1) is 10.9 Å². The van der Waals surface area contributed by atoms with E-state index in [2.05, 4.69) is 20.7 Å². The Bertz CT molecular complexity index is 816. The molecule has 10 heteroatoms. The molecule has 1 unspecified atom stereocenters. The summed E-state index contributed by atoms with van der Waals surface area (Å²) in [4.78, 5) is 11.5. The Morgan fingerprint density at radius 1 is 1.12 bits per heavy atom. The minimum atomic E-state index is -3.91. The molecule has 6 nitrogen and oxygen atoms in total. The van der Waals surface area contributed by atoms with Crippen LogP contribution in [-0.2, 0) is 14.8 Å². The smallest absolute Gasteiger partial charge is 0.289 e. The topological polar surface area (TPSA) is 95.5 Å². The van der Waals surface area contributed by atoms with E-state index in [4.69, 9.17) is 5.21 Å². The maximum atomic E-state index is 13.1. The Kier molecular flexibility index (Phi) is 8.69. The number of benzene rings is 2. The van der Waals surface area contributed by atoms with Crippen molar-refractivity contribution < 1.29 is 52.4 Å². The molecule has 1 atom stereocenters. The van der Waals surface area contributed by atoms with Gasteiger partial charge in [0.1, 0.15) is 5.82 Å². The van der Waals surface area contributed by atoms with E-state index in [1.54, 1.807) is 12.1 Å². The molecule has 2 rings (SSSR count). The minimum absolute atomic E-state index is 0. The SMILES string of the molecule is O=C(CC(NS(=O)(=O)c1ccc(Br)cc1)c1ccc(F)cc1)NO.[Na+]. The zero-order chi connectivity index (χ0) is 17.7. The van der Waals surface area contributed by atoms with Crippen LogP contribution in [0.15, 0.2) is 57.9 Å². The molecule has 0 saturated heterocycles. The van der Waals surface area contributed by atoms with Gasteiger partial charge in [-0.25, -0.2) is 23.0 Å². The molecule has 0 aliphatic rings. The third kappa shape index (κ3) is 6.45. The van der Waals surface area contributed by atoms with Crippen LogP contribution in [0.1, 0.15) is 18.0 Å². The van der Waals surface area contributed by atoms with Gasteiger partial charge in [-0.1, -0.05) is 28.1 Å². The Morgan fingerprint density at radius 2 is 1.68 bits per heavy atom. The van der Waals surface area contributed by atoms with Gasteiger partial charge in [-0.3, -0.25) is 10.0 Å². The number of amides is 1. The summed E-state index contributed by atoms with van der Waals surface area (Å²) in [5, 5.41) is 8.68. The first-order valence-electron chi connectivity index (χ1n) is 6.78. The van der Waals surface area contributed by atoms with Gasteiger partial charge in [0.25, 0.3) is 0 Å². The van der Waals surface area contributed by atoms with Crippen LogP contribution >= 0.6 is 15.9 Å². The summed E-state index contributed by atoms with van der Waals surface area (Å²) in [7, 11) is -3.91. The zero-order valence-corrected chi connectivity index (χ0v) is 17.6. The summed E-state index contributed by atoms with van der Waals surface area (Å²) in [5.74, 6) is -1.26. The predicted octanol–water partition coefficient (Wildman–Crippen LogP) is -0.493. The molecule has 2 aromatic rings. The fourth-order valence-corrected chi connectivity index (χ4v) is 3.51. The first kappa shape index (κ1) is 22.2. The fourth-order valence-electron chi connectivity index (χ4n) is 2.02. The molecule has 0 bridgehead atoms. The molecule has 0 spiro atoms. The van der Waals surface area contributed by atoms with Crippen LogP contribution in [0.25, 0.3) is 0 Å². The van der Waals surface area contributed by atoms with Crippen molar-refractivity contribution >= 4 is 31.9 Å². The van der Waals surface area contributed by atoms with E-state index < -0.39 is 27.8 Å². The summed E-state index contributed by atoms with van der Waals surface area (Å²) in [5.41, 5.74) is 1.85. The number of sulfonamides is 1. The molecule has 2 aromatic carbocycles. The van der Waals surface area contributed by atoms with Gasteiger partial charge in [0.2, 0.25) is 15.9 Å². The monoisotopic (exact) mass is 439 g/mol. The van der Waals surface area contributed by atoms with Crippen molar-refractivity contribution in [2.45, 2.75) is 17.4 Å². The molecule has 1 amide bonds. The number of hydrogen-bond donors (Lipinski definition) is 3. The van der Waals surface area contributed by atoms with Crippen molar-refractivity contribution in [2.24, 2.45) is 0 Å². The molecular formula is C15H14BrFN2NaO4S+. The van der Waals surface area contributed by atoms with E-state index >= 15 is 0 Å². The zero-order valence-electron chi connectivity index (χ0n) is 13.2. The van der Waals surface area contributed by atoms with Gasteiger partial charge < -0.3 is 0 Å². The van der Waals surface area contributed by atoms with E-state index in [1.807, 2.05) is 0 Å². The van der Waals surface area contributed by atoms with Crippen LogP contribution in [0.3, 0.4) is 0 Å². The van der Waals surface area contributed by atoms with Gasteiger partial charge in [0, 0.05) is 10.9 Å². The Labute approximate surface area is 175 Å². The summed E-state index contributed by atoms with van der Waals surface area (Å²) < 4.78 is 41.1. The van der Waals surface area contributed by atoms with Gasteiger partial charge in [-0.15, -0.1) is 0 Å². The molecule has 0 aliphatic heterocycles. The minimum Gasteiger partial charge on any atom is -0.289 e. The van der Waals surface area contributed by atoms with Crippen molar-refractivity contribution in [3.63, 3.8) is 0 Å². The fraction of sp³-hybridized carbons (Fsp3) is 0.133. The number of carbonyl (C=O) groups is 1. The molecule has 128 valence electrons. The maximum absolute atomic E-state index is 13.1. The molecule has 3 N–H and O–H groups in total. The number of carbonyl (C=O) groups excluding carboxylic acids is 1. The summed E-state index contributed by atoms with van der Waals surface area (Å²) in [6.45, 7) is 0. The van der Waals surface area contributed by atoms with Crippen LogP contribution < -0.4 is 39.8 Å².